The second kappa shape index (κ2) is 15.4. The van der Waals surface area contributed by atoms with Crippen LogP contribution in [-0.2, 0) is 33.3 Å². The van der Waals surface area contributed by atoms with Gasteiger partial charge in [0.15, 0.2) is 11.9 Å². The van der Waals surface area contributed by atoms with E-state index in [0.29, 0.717) is 10.7 Å². The number of rotatable bonds is 9. The van der Waals surface area contributed by atoms with Crippen LogP contribution in [0.15, 0.2) is 0 Å². The van der Waals surface area contributed by atoms with Gasteiger partial charge >= 0.3 is 11.9 Å². The van der Waals surface area contributed by atoms with E-state index in [1.807, 2.05) is 67.8 Å². The van der Waals surface area contributed by atoms with Crippen LogP contribution in [0.25, 0.3) is 0 Å². The van der Waals surface area contributed by atoms with Gasteiger partial charge in [-0.3, -0.25) is 24.0 Å². The Balaban J connectivity index is 2.66. The normalized spacial score (nSPS) is 18.9. The highest BCUT2D eigenvalue weighted by atomic mass is 127. The van der Waals surface area contributed by atoms with Crippen molar-refractivity contribution in [2.75, 3.05) is 38.3 Å². The average molecular weight is 915 g/mol. The summed E-state index contributed by atoms with van der Waals surface area (Å²) in [5.74, 6) is -3.82. The third-order valence-corrected chi connectivity index (χ3v) is 8.99. The zero-order valence-electron chi connectivity index (χ0n) is 23.3. The lowest BCUT2D eigenvalue weighted by molar-refractivity contribution is -0.203. The molecule has 0 spiro atoms. The molecular formula is C25H32I3N3O10. The van der Waals surface area contributed by atoms with Crippen LogP contribution in [0.3, 0.4) is 0 Å². The number of ether oxygens (including phenoxy) is 4. The van der Waals surface area contributed by atoms with Gasteiger partial charge in [0.1, 0.15) is 6.61 Å². The van der Waals surface area contributed by atoms with Crippen LogP contribution in [0.1, 0.15) is 55.3 Å². The predicted molar refractivity (Wildman–Crippen MR) is 171 cm³/mol. The summed E-state index contributed by atoms with van der Waals surface area (Å²) in [5.41, 5.74) is 0.462. The molecule has 1 saturated heterocycles. The maximum absolute atomic E-state index is 13.7. The van der Waals surface area contributed by atoms with Gasteiger partial charge in [-0.2, -0.15) is 0 Å². The highest BCUT2D eigenvalue weighted by Gasteiger charge is 2.36. The van der Waals surface area contributed by atoms with Gasteiger partial charge in [-0.05, 0) is 81.6 Å². The first-order valence-corrected chi connectivity index (χ1v) is 15.5. The maximum Gasteiger partial charge on any atom is 0.303 e. The van der Waals surface area contributed by atoms with E-state index in [9.17, 15) is 29.1 Å². The van der Waals surface area contributed by atoms with E-state index >= 15 is 0 Å². The highest BCUT2D eigenvalue weighted by Crippen LogP contribution is 2.38. The fraction of sp³-hybridized carbons (Fsp3) is 0.560. The van der Waals surface area contributed by atoms with Crippen molar-refractivity contribution in [2.24, 2.45) is 0 Å². The number of anilines is 1. The van der Waals surface area contributed by atoms with Gasteiger partial charge in [-0.1, -0.05) is 0 Å². The summed E-state index contributed by atoms with van der Waals surface area (Å²) in [6.45, 7) is 6.38. The lowest BCUT2D eigenvalue weighted by atomic mass is 10.1. The number of hydrogen-bond acceptors (Lipinski definition) is 10. The van der Waals surface area contributed by atoms with E-state index in [1.165, 1.54) is 32.7 Å². The summed E-state index contributed by atoms with van der Waals surface area (Å²) in [7, 11) is 1.44. The number of benzene rings is 1. The lowest BCUT2D eigenvalue weighted by Gasteiger charge is -2.30. The molecule has 41 heavy (non-hydrogen) atoms. The van der Waals surface area contributed by atoms with Gasteiger partial charge in [-0.25, -0.2) is 0 Å². The number of aliphatic hydroxyl groups is 1. The molecular weight excluding hydrogens is 883 g/mol. The van der Waals surface area contributed by atoms with Crippen molar-refractivity contribution in [1.29, 1.82) is 0 Å². The first kappa shape index (κ1) is 35.8. The Kier molecular flexibility index (Phi) is 13.5. The van der Waals surface area contributed by atoms with Crippen LogP contribution in [0, 0.1) is 10.7 Å². The molecule has 0 radical (unpaired) electrons. The van der Waals surface area contributed by atoms with Gasteiger partial charge in [0, 0.05) is 31.4 Å². The van der Waals surface area contributed by atoms with Crippen LogP contribution in [-0.4, -0.2) is 92.2 Å². The number of hydrogen-bond donors (Lipinski definition) is 3. The van der Waals surface area contributed by atoms with Crippen molar-refractivity contribution in [2.45, 2.75) is 58.7 Å². The minimum absolute atomic E-state index is 0.0353. The highest BCUT2D eigenvalue weighted by molar-refractivity contribution is 14.1. The number of nitrogens with zero attached hydrogens (tertiary/aromatic N) is 1. The van der Waals surface area contributed by atoms with Crippen LogP contribution in [0.4, 0.5) is 5.69 Å². The molecule has 3 amide bonds. The predicted octanol–water partition coefficient (Wildman–Crippen LogP) is 1.95. The van der Waals surface area contributed by atoms with Gasteiger partial charge in [0.2, 0.25) is 5.91 Å². The average Bonchev–Trinajstić information content (AvgIpc) is 2.98. The molecule has 1 unspecified atom stereocenters. The van der Waals surface area contributed by atoms with Crippen LogP contribution in [0.5, 0.6) is 0 Å². The minimum Gasteiger partial charge on any atom is -0.462 e. The quantitative estimate of drug-likeness (QED) is 0.246. The molecule has 1 aromatic rings. The number of amides is 3. The molecule has 1 fully saturated rings. The third kappa shape index (κ3) is 9.57. The first-order chi connectivity index (χ1) is 19.0. The SMILES string of the molecule is CNC(=O)c1c(I)c(C(=O)N[C@@H]2COC(C)(C)OC[C@@H]2O)c(I)c(N(CC(COC(C)=O)OC(C)=O)C(C)=O)c1I. The van der Waals surface area contributed by atoms with Gasteiger partial charge in [-0.15, -0.1) is 0 Å². The first-order valence-electron chi connectivity index (χ1n) is 12.3. The van der Waals surface area contributed by atoms with Crippen molar-refractivity contribution in [1.82, 2.24) is 10.6 Å². The van der Waals surface area contributed by atoms with E-state index in [-0.39, 0.29) is 43.2 Å². The topological polar surface area (TPSA) is 170 Å². The van der Waals surface area contributed by atoms with E-state index in [0.717, 1.165) is 0 Å². The largest absolute Gasteiger partial charge is 0.462 e. The van der Waals surface area contributed by atoms with Gasteiger partial charge in [0.25, 0.3) is 11.8 Å². The monoisotopic (exact) mass is 915 g/mol. The number of carbonyl (C=O) groups excluding carboxylic acids is 5. The molecule has 0 saturated carbocycles. The van der Waals surface area contributed by atoms with E-state index in [1.54, 1.807) is 13.8 Å². The lowest BCUT2D eigenvalue weighted by Crippen LogP contribution is -2.47. The van der Waals surface area contributed by atoms with E-state index in [2.05, 4.69) is 10.6 Å². The molecule has 13 nitrogen and oxygen atoms in total. The smallest absolute Gasteiger partial charge is 0.303 e. The molecule has 0 bridgehead atoms. The van der Waals surface area contributed by atoms with Crippen LogP contribution < -0.4 is 15.5 Å². The molecule has 3 atom stereocenters. The Morgan fingerprint density at radius 2 is 1.54 bits per heavy atom. The zero-order chi connectivity index (χ0) is 31.2. The van der Waals surface area contributed by atoms with Crippen molar-refractivity contribution in [3.63, 3.8) is 0 Å². The summed E-state index contributed by atoms with van der Waals surface area (Å²) in [5, 5.41) is 15.9. The van der Waals surface area contributed by atoms with Gasteiger partial charge in [0.05, 0.1) is 55.9 Å². The van der Waals surface area contributed by atoms with Crippen molar-refractivity contribution in [3.8, 4) is 0 Å². The Morgan fingerprint density at radius 1 is 0.976 bits per heavy atom. The summed E-state index contributed by atoms with van der Waals surface area (Å²) < 4.78 is 22.5. The Hall–Kier alpha value is -1.36. The fourth-order valence-corrected chi connectivity index (χ4v) is 8.51. The second-order valence-electron chi connectivity index (χ2n) is 9.45. The van der Waals surface area contributed by atoms with Crippen LogP contribution >= 0.6 is 67.8 Å². The molecule has 228 valence electrons. The maximum atomic E-state index is 13.7. The third-order valence-electron chi connectivity index (χ3n) is 5.81. The van der Waals surface area contributed by atoms with E-state index < -0.39 is 53.7 Å². The van der Waals surface area contributed by atoms with Crippen molar-refractivity contribution in [3.05, 3.63) is 21.8 Å². The summed E-state index contributed by atoms with van der Waals surface area (Å²) in [6.07, 6.45) is -2.11. The van der Waals surface area contributed by atoms with E-state index in [4.69, 9.17) is 18.9 Å². The molecule has 16 heteroatoms. The number of aliphatic hydroxyl groups excluding tert-OH is 1. The van der Waals surface area contributed by atoms with Gasteiger partial charge < -0.3 is 39.6 Å². The molecule has 0 aliphatic carbocycles. The number of nitrogens with one attached hydrogen (secondary N) is 2. The Labute approximate surface area is 278 Å². The minimum atomic E-state index is -1.07. The molecule has 1 aromatic carbocycles. The zero-order valence-corrected chi connectivity index (χ0v) is 29.7. The summed E-state index contributed by atoms with van der Waals surface area (Å²) in [4.78, 5) is 64.2. The second-order valence-corrected chi connectivity index (χ2v) is 12.7. The standard InChI is InChI=1S/C25H32I3N3O10/c1-11(32)31(7-14(41-13(3)34)8-38-12(2)33)22-20(27)17(23(36)29-6)19(26)18(21(22)28)24(37)30-15-9-39-25(4,5)40-10-16(15)35/h14-16,35H,7-10H2,1-6H3,(H,29,36)(H,30,37)/t14?,15-,16+/m1/s1. The molecule has 0 aromatic heterocycles. The molecule has 3 N–H and O–H groups in total. The Bertz CT molecular complexity index is 1210. The van der Waals surface area contributed by atoms with Crippen molar-refractivity contribution < 1.29 is 48.0 Å². The Morgan fingerprint density at radius 3 is 2.05 bits per heavy atom. The number of esters is 2. The fourth-order valence-electron chi connectivity index (χ4n) is 3.79. The molecule has 1 aliphatic rings. The molecule has 1 aliphatic heterocycles. The van der Waals surface area contributed by atoms with Crippen molar-refractivity contribution >= 4 is 103 Å². The van der Waals surface area contributed by atoms with Crippen LogP contribution in [0.2, 0.25) is 0 Å². The summed E-state index contributed by atoms with van der Waals surface area (Å²) in [6, 6.07) is -0.831. The molecule has 2 rings (SSSR count). The molecule has 1 heterocycles. The summed E-state index contributed by atoms with van der Waals surface area (Å²) >= 11 is 5.74. The number of halogens is 3. The number of carbonyl (C=O) groups is 5.